The van der Waals surface area contributed by atoms with Crippen molar-refractivity contribution in [2.24, 2.45) is 5.10 Å². The lowest BCUT2D eigenvalue weighted by Crippen LogP contribution is -2.13. The third kappa shape index (κ3) is 6.95. The number of nitro benzene ring substituents is 1. The Labute approximate surface area is 220 Å². The Balaban J connectivity index is 1.59. The zero-order chi connectivity index (χ0) is 26.4. The van der Waals surface area contributed by atoms with Gasteiger partial charge in [-0.1, -0.05) is 15.9 Å². The van der Waals surface area contributed by atoms with E-state index in [4.69, 9.17) is 4.42 Å². The molecule has 1 N–H and O–H groups in total. The maximum Gasteiger partial charge on any atom is 0.387 e. The zero-order valence-corrected chi connectivity index (χ0v) is 20.8. The van der Waals surface area contributed by atoms with Crippen molar-refractivity contribution < 1.29 is 27.7 Å². The zero-order valence-electron chi connectivity index (χ0n) is 18.4. The van der Waals surface area contributed by atoms with E-state index >= 15 is 0 Å². The molecule has 1 heterocycles. The summed E-state index contributed by atoms with van der Waals surface area (Å²) in [6.07, 6.45) is 0. The molecule has 0 atom stereocenters. The van der Waals surface area contributed by atoms with E-state index in [9.17, 15) is 23.7 Å². The number of ketones is 1. The van der Waals surface area contributed by atoms with Crippen molar-refractivity contribution in [2.45, 2.75) is 11.8 Å². The predicted octanol–water partition coefficient (Wildman–Crippen LogP) is 6.41. The number of benzene rings is 3. The second-order valence-electron chi connectivity index (χ2n) is 7.05. The molecule has 188 valence electrons. The van der Waals surface area contributed by atoms with E-state index in [2.05, 4.69) is 41.4 Å². The van der Waals surface area contributed by atoms with Gasteiger partial charge in [-0.05, 0) is 72.4 Å². The minimum absolute atomic E-state index is 0.0215. The highest BCUT2D eigenvalue weighted by Gasteiger charge is 2.21. The topological polar surface area (TPSA) is 133 Å². The van der Waals surface area contributed by atoms with Crippen LogP contribution in [0.15, 0.2) is 92.0 Å². The smallest absolute Gasteiger partial charge is 0.387 e. The van der Waals surface area contributed by atoms with Gasteiger partial charge in [0.2, 0.25) is 11.7 Å². The Bertz CT molecular complexity index is 1430. The molecule has 37 heavy (non-hydrogen) atoms. The number of carbonyl (C=O) groups excluding carboxylic acids is 1. The monoisotopic (exact) mass is 589 g/mol. The van der Waals surface area contributed by atoms with Gasteiger partial charge < -0.3 is 9.15 Å². The third-order valence-electron chi connectivity index (χ3n) is 4.58. The quantitative estimate of drug-likeness (QED) is 0.0586. The minimum atomic E-state index is -3.00. The molecule has 0 unspecified atom stereocenters. The van der Waals surface area contributed by atoms with E-state index in [0.717, 1.165) is 16.2 Å². The van der Waals surface area contributed by atoms with Crippen LogP contribution in [0.5, 0.6) is 5.75 Å². The first-order chi connectivity index (χ1) is 17.8. The molecule has 4 aromatic rings. The summed E-state index contributed by atoms with van der Waals surface area (Å²) in [6.45, 7) is -3.00. The fraction of sp³-hybridized carbons (Fsp3) is 0.0435. The number of anilines is 1. The number of Topliss-reactive ketones (excluding diaryl/α,β-unsaturated/α-hetero) is 1. The van der Waals surface area contributed by atoms with Crippen molar-refractivity contribution in [3.05, 3.63) is 92.9 Å². The van der Waals surface area contributed by atoms with E-state index in [1.54, 1.807) is 24.3 Å². The molecular weight excluding hydrogens is 576 g/mol. The summed E-state index contributed by atoms with van der Waals surface area (Å²) in [7, 11) is 0. The number of hydrogen-bond donors (Lipinski definition) is 1. The van der Waals surface area contributed by atoms with Crippen molar-refractivity contribution in [3.8, 4) is 17.2 Å². The van der Waals surface area contributed by atoms with Crippen molar-refractivity contribution in [1.29, 1.82) is 0 Å². The van der Waals surface area contributed by atoms with Crippen LogP contribution in [0.25, 0.3) is 11.5 Å². The van der Waals surface area contributed by atoms with Crippen LogP contribution in [0, 0.1) is 10.1 Å². The van der Waals surface area contributed by atoms with Gasteiger partial charge in [-0.25, -0.2) is 0 Å². The van der Waals surface area contributed by atoms with Crippen LogP contribution < -0.4 is 10.2 Å². The van der Waals surface area contributed by atoms with Crippen LogP contribution in [0.4, 0.5) is 20.2 Å². The highest BCUT2D eigenvalue weighted by atomic mass is 79.9. The molecule has 0 saturated carbocycles. The number of carbonyl (C=O) groups is 1. The number of rotatable bonds is 9. The molecular formula is C23H14BrF2N5O5S. The van der Waals surface area contributed by atoms with Gasteiger partial charge >= 0.3 is 6.61 Å². The minimum Gasteiger partial charge on any atom is -0.435 e. The molecule has 0 spiro atoms. The molecule has 14 heteroatoms. The molecule has 4 rings (SSSR count). The van der Waals surface area contributed by atoms with Crippen molar-refractivity contribution in [1.82, 2.24) is 10.2 Å². The Kier molecular flexibility index (Phi) is 8.20. The van der Waals surface area contributed by atoms with Crippen LogP contribution in [0.2, 0.25) is 0 Å². The van der Waals surface area contributed by atoms with Gasteiger partial charge in [0.05, 0.1) is 10.6 Å². The number of hydrogen-bond acceptors (Lipinski definition) is 10. The normalized spacial score (nSPS) is 11.4. The summed E-state index contributed by atoms with van der Waals surface area (Å²) in [5.41, 5.74) is 3.72. The fourth-order valence-electron chi connectivity index (χ4n) is 2.85. The molecule has 0 fully saturated rings. The molecule has 0 amide bonds. The standard InChI is InChI=1S/C23H14BrF2N5O5S/c24-15-5-1-14(2-6-15)20-28-30-23(36-20)37-21(29-27-16-7-9-17(10-8-16)31(33)34)19(32)13-3-11-18(12-4-13)35-22(25)26/h1-12,22,27H/b29-21+. The van der Waals surface area contributed by atoms with Gasteiger partial charge in [0, 0.05) is 27.7 Å². The Morgan fingerprint density at radius 3 is 2.35 bits per heavy atom. The summed E-state index contributed by atoms with van der Waals surface area (Å²) in [5.74, 6) is -0.470. The predicted molar refractivity (Wildman–Crippen MR) is 135 cm³/mol. The first-order valence-corrected chi connectivity index (χ1v) is 11.8. The third-order valence-corrected chi connectivity index (χ3v) is 5.92. The van der Waals surface area contributed by atoms with Crippen LogP contribution >= 0.6 is 27.7 Å². The lowest BCUT2D eigenvalue weighted by atomic mass is 10.1. The number of halogens is 3. The molecule has 0 saturated heterocycles. The number of nitrogens with one attached hydrogen (secondary N) is 1. The van der Waals surface area contributed by atoms with Gasteiger partial charge in [-0.15, -0.1) is 10.2 Å². The molecule has 0 bridgehead atoms. The Morgan fingerprint density at radius 1 is 1.05 bits per heavy atom. The fourth-order valence-corrected chi connectivity index (χ4v) is 3.78. The maximum atomic E-state index is 13.2. The van der Waals surface area contributed by atoms with E-state index in [1.165, 1.54) is 48.5 Å². The maximum absolute atomic E-state index is 13.2. The van der Waals surface area contributed by atoms with E-state index in [-0.39, 0.29) is 33.2 Å². The SMILES string of the molecule is O=C(/C(=N\Nc1ccc([N+](=O)[O-])cc1)Sc1nnc(-c2ccc(Br)cc2)o1)c1ccc(OC(F)F)cc1. The van der Waals surface area contributed by atoms with Crippen molar-refractivity contribution >= 4 is 49.9 Å². The number of hydrazone groups is 1. The van der Waals surface area contributed by atoms with Crippen LogP contribution in [-0.2, 0) is 0 Å². The Hall–Kier alpha value is -4.17. The summed E-state index contributed by atoms with van der Waals surface area (Å²) < 4.78 is 35.7. The number of thioether (sulfide) groups is 1. The second kappa shape index (κ2) is 11.7. The largest absolute Gasteiger partial charge is 0.435 e. The Morgan fingerprint density at radius 2 is 1.73 bits per heavy atom. The summed E-state index contributed by atoms with van der Waals surface area (Å²) in [5, 5.41) is 22.9. The molecule has 0 radical (unpaired) electrons. The molecule has 1 aromatic heterocycles. The number of nitrogens with zero attached hydrogens (tertiary/aromatic N) is 4. The second-order valence-corrected chi connectivity index (χ2v) is 8.90. The molecule has 0 aliphatic heterocycles. The van der Waals surface area contributed by atoms with Crippen LogP contribution in [0.3, 0.4) is 0 Å². The van der Waals surface area contributed by atoms with Gasteiger partial charge in [0.15, 0.2) is 5.04 Å². The van der Waals surface area contributed by atoms with Gasteiger partial charge in [-0.2, -0.15) is 13.9 Å². The first-order valence-electron chi connectivity index (χ1n) is 10.2. The number of nitro groups is 1. The van der Waals surface area contributed by atoms with Crippen LogP contribution in [-0.4, -0.2) is 32.6 Å². The lowest BCUT2D eigenvalue weighted by Gasteiger charge is -2.07. The number of non-ortho nitro benzene ring substituents is 1. The van der Waals surface area contributed by atoms with E-state index < -0.39 is 17.3 Å². The van der Waals surface area contributed by atoms with Crippen molar-refractivity contribution in [3.63, 3.8) is 0 Å². The number of ether oxygens (including phenoxy) is 1. The van der Waals surface area contributed by atoms with Crippen LogP contribution in [0.1, 0.15) is 10.4 Å². The van der Waals surface area contributed by atoms with Gasteiger partial charge in [0.25, 0.3) is 10.9 Å². The van der Waals surface area contributed by atoms with Gasteiger partial charge in [0.1, 0.15) is 5.75 Å². The summed E-state index contributed by atoms with van der Waals surface area (Å²) in [6, 6.07) is 17.6. The van der Waals surface area contributed by atoms with Gasteiger partial charge in [-0.3, -0.25) is 20.3 Å². The summed E-state index contributed by atoms with van der Waals surface area (Å²) in [4.78, 5) is 23.5. The van der Waals surface area contributed by atoms with E-state index in [0.29, 0.717) is 11.3 Å². The highest BCUT2D eigenvalue weighted by molar-refractivity contribution is 9.10. The molecule has 10 nitrogen and oxygen atoms in total. The highest BCUT2D eigenvalue weighted by Crippen LogP contribution is 2.27. The van der Waals surface area contributed by atoms with E-state index in [1.807, 2.05) is 0 Å². The number of aromatic nitrogens is 2. The molecule has 0 aliphatic rings. The lowest BCUT2D eigenvalue weighted by molar-refractivity contribution is -0.384. The average Bonchev–Trinajstić information content (AvgIpc) is 3.35. The van der Waals surface area contributed by atoms with Crippen molar-refractivity contribution in [2.75, 3.05) is 5.43 Å². The summed E-state index contributed by atoms with van der Waals surface area (Å²) >= 11 is 4.13. The number of alkyl halides is 2. The average molecular weight is 590 g/mol. The molecule has 3 aromatic carbocycles. The molecule has 0 aliphatic carbocycles. The first kappa shape index (κ1) is 25.9.